The van der Waals surface area contributed by atoms with Crippen molar-refractivity contribution in [1.82, 2.24) is 4.31 Å². The summed E-state index contributed by atoms with van der Waals surface area (Å²) < 4.78 is 34.7. The first-order valence-electron chi connectivity index (χ1n) is 12.8. The maximum Gasteiger partial charge on any atom is 0.340 e. The third kappa shape index (κ3) is 4.15. The third-order valence-electron chi connectivity index (χ3n) is 7.58. The van der Waals surface area contributed by atoms with Gasteiger partial charge in [0, 0.05) is 24.2 Å². The van der Waals surface area contributed by atoms with E-state index in [0.29, 0.717) is 16.7 Å². The summed E-state index contributed by atoms with van der Waals surface area (Å²) >= 11 is 0. The van der Waals surface area contributed by atoms with Crippen molar-refractivity contribution in [3.63, 3.8) is 0 Å². The van der Waals surface area contributed by atoms with Gasteiger partial charge in [-0.1, -0.05) is 72.1 Å². The van der Waals surface area contributed by atoms with Crippen molar-refractivity contribution >= 4 is 16.0 Å². The fourth-order valence-corrected chi connectivity index (χ4v) is 6.95. The molecule has 39 heavy (non-hydrogen) atoms. The summed E-state index contributed by atoms with van der Waals surface area (Å²) in [5.41, 5.74) is 6.02. The largest absolute Gasteiger partial charge is 0.438 e. The number of benzene rings is 4. The maximum atomic E-state index is 13.6. The molecule has 0 fully saturated rings. The van der Waals surface area contributed by atoms with Gasteiger partial charge >= 0.3 is 5.97 Å². The molecule has 2 aliphatic heterocycles. The first-order chi connectivity index (χ1) is 18.7. The topological polar surface area (TPSA) is 63.7 Å². The minimum absolute atomic E-state index is 0.0983. The lowest BCUT2D eigenvalue weighted by Gasteiger charge is -2.23. The molecule has 4 aromatic rings. The van der Waals surface area contributed by atoms with Crippen molar-refractivity contribution in [2.75, 3.05) is 0 Å². The molecule has 0 N–H and O–H groups in total. The van der Waals surface area contributed by atoms with Crippen molar-refractivity contribution in [2.24, 2.45) is 0 Å². The number of hydrogen-bond donors (Lipinski definition) is 0. The van der Waals surface area contributed by atoms with Gasteiger partial charge in [-0.2, -0.15) is 4.31 Å². The predicted octanol–water partition coefficient (Wildman–Crippen LogP) is 6.11. The summed E-state index contributed by atoms with van der Waals surface area (Å²) in [6.07, 6.45) is 0. The molecular formula is C33H27NO4S. The number of ether oxygens (including phenoxy) is 1. The normalized spacial score (nSPS) is 18.2. The van der Waals surface area contributed by atoms with Crippen LogP contribution in [0.1, 0.15) is 50.7 Å². The van der Waals surface area contributed by atoms with E-state index in [-0.39, 0.29) is 18.0 Å². The Bertz CT molecular complexity index is 1780. The zero-order valence-electron chi connectivity index (χ0n) is 22.0. The van der Waals surface area contributed by atoms with Crippen LogP contribution >= 0.6 is 0 Å². The van der Waals surface area contributed by atoms with Crippen LogP contribution < -0.4 is 0 Å². The first kappa shape index (κ1) is 25.1. The first-order valence-corrected chi connectivity index (χ1v) is 14.3. The highest BCUT2D eigenvalue weighted by Crippen LogP contribution is 2.49. The van der Waals surface area contributed by atoms with Crippen LogP contribution in [0, 0.1) is 25.7 Å². The van der Waals surface area contributed by atoms with E-state index in [0.717, 1.165) is 33.4 Å². The van der Waals surface area contributed by atoms with Gasteiger partial charge in [-0.25, -0.2) is 13.2 Å². The van der Waals surface area contributed by atoms with Crippen LogP contribution in [0.5, 0.6) is 0 Å². The Balaban J connectivity index is 1.55. The zero-order chi connectivity index (χ0) is 27.4. The number of carbonyl (C=O) groups excluding carboxylic acids is 1. The number of cyclic esters (lactones) is 1. The molecule has 0 saturated carbocycles. The number of hydrogen-bond acceptors (Lipinski definition) is 4. The highest BCUT2D eigenvalue weighted by molar-refractivity contribution is 7.89. The lowest BCUT2D eigenvalue weighted by molar-refractivity contribution is 0.0241. The fraction of sp³-hybridized carbons (Fsp3) is 0.182. The fourth-order valence-electron chi connectivity index (χ4n) is 5.57. The minimum Gasteiger partial charge on any atom is -0.438 e. The summed E-state index contributed by atoms with van der Waals surface area (Å²) in [7, 11) is -3.77. The second-order valence-electron chi connectivity index (χ2n) is 10.2. The number of aryl methyl sites for hydroxylation is 1. The molecule has 1 atom stereocenters. The summed E-state index contributed by atoms with van der Waals surface area (Å²) in [5.74, 6) is 5.94. The standard InChI is InChI=1S/C33H27NO4S/c1-22-14-16-26(17-15-22)39(36,37)34-20-27-23(2)29(25-12-8-5-9-13-25)31-30(28(27)21-34)32(35)38-33(31,3)19-18-24-10-6-4-7-11-24/h4-17H,20-21H2,1-3H3/t33-/m1/s1. The second-order valence-corrected chi connectivity index (χ2v) is 12.1. The van der Waals surface area contributed by atoms with Gasteiger partial charge in [0.15, 0.2) is 5.60 Å². The van der Waals surface area contributed by atoms with Crippen LogP contribution in [-0.2, 0) is 33.5 Å². The molecular weight excluding hydrogens is 506 g/mol. The van der Waals surface area contributed by atoms with Gasteiger partial charge in [-0.3, -0.25) is 0 Å². The Labute approximate surface area is 229 Å². The molecule has 6 heteroatoms. The monoisotopic (exact) mass is 533 g/mol. The molecule has 4 aromatic carbocycles. The number of rotatable bonds is 3. The Morgan fingerprint density at radius 1 is 0.821 bits per heavy atom. The molecule has 2 heterocycles. The van der Waals surface area contributed by atoms with Crippen LogP contribution in [0.4, 0.5) is 0 Å². The van der Waals surface area contributed by atoms with E-state index in [1.54, 1.807) is 24.3 Å². The molecule has 0 saturated heterocycles. The van der Waals surface area contributed by atoms with Crippen molar-refractivity contribution < 1.29 is 17.9 Å². The van der Waals surface area contributed by atoms with E-state index < -0.39 is 21.6 Å². The van der Waals surface area contributed by atoms with Crippen molar-refractivity contribution in [3.05, 3.63) is 124 Å². The molecule has 0 aromatic heterocycles. The highest BCUT2D eigenvalue weighted by atomic mass is 32.2. The minimum atomic E-state index is -3.77. The summed E-state index contributed by atoms with van der Waals surface area (Å²) in [6.45, 7) is 6.02. The predicted molar refractivity (Wildman–Crippen MR) is 150 cm³/mol. The summed E-state index contributed by atoms with van der Waals surface area (Å²) in [6, 6.07) is 26.3. The van der Waals surface area contributed by atoms with E-state index in [4.69, 9.17) is 4.74 Å². The average Bonchev–Trinajstić information content (AvgIpc) is 3.50. The van der Waals surface area contributed by atoms with Crippen molar-refractivity contribution in [2.45, 2.75) is 44.4 Å². The van der Waals surface area contributed by atoms with Crippen LogP contribution in [0.25, 0.3) is 11.1 Å². The Morgan fingerprint density at radius 2 is 1.44 bits per heavy atom. The van der Waals surface area contributed by atoms with Gasteiger partial charge in [0.05, 0.1) is 10.5 Å². The third-order valence-corrected chi connectivity index (χ3v) is 9.39. The van der Waals surface area contributed by atoms with Gasteiger partial charge in [-0.15, -0.1) is 0 Å². The molecule has 0 spiro atoms. The SMILES string of the molecule is Cc1ccc(S(=O)(=O)N2Cc3c(C)c(-c4ccccc4)c4c(c3C2)C(=O)O[C@]4(C)C#Cc2ccccc2)cc1. The van der Waals surface area contributed by atoms with E-state index in [1.165, 1.54) is 4.31 Å². The lowest BCUT2D eigenvalue weighted by atomic mass is 9.80. The molecule has 0 amide bonds. The van der Waals surface area contributed by atoms with Crippen LogP contribution in [0.3, 0.4) is 0 Å². The molecule has 2 aliphatic rings. The average molecular weight is 534 g/mol. The molecule has 5 nitrogen and oxygen atoms in total. The maximum absolute atomic E-state index is 13.6. The van der Waals surface area contributed by atoms with Crippen molar-refractivity contribution in [3.8, 4) is 23.0 Å². The number of fused-ring (bicyclic) bond motifs is 3. The summed E-state index contributed by atoms with van der Waals surface area (Å²) in [4.78, 5) is 13.8. The van der Waals surface area contributed by atoms with Crippen LogP contribution in [-0.4, -0.2) is 18.7 Å². The molecule has 0 unspecified atom stereocenters. The van der Waals surface area contributed by atoms with E-state index in [2.05, 4.69) is 11.8 Å². The van der Waals surface area contributed by atoms with Gasteiger partial charge in [-0.05, 0) is 78.8 Å². The Hall–Kier alpha value is -4.18. The van der Waals surface area contributed by atoms with Gasteiger partial charge in [0.25, 0.3) is 0 Å². The number of esters is 1. The van der Waals surface area contributed by atoms with E-state index in [9.17, 15) is 13.2 Å². The summed E-state index contributed by atoms with van der Waals surface area (Å²) in [5, 5.41) is 0. The van der Waals surface area contributed by atoms with Gasteiger partial charge in [0.1, 0.15) is 0 Å². The Morgan fingerprint density at radius 3 is 2.10 bits per heavy atom. The number of sulfonamides is 1. The van der Waals surface area contributed by atoms with Gasteiger partial charge in [0.2, 0.25) is 10.0 Å². The van der Waals surface area contributed by atoms with Crippen LogP contribution in [0.15, 0.2) is 89.8 Å². The molecule has 0 radical (unpaired) electrons. The molecule has 0 aliphatic carbocycles. The highest BCUT2D eigenvalue weighted by Gasteiger charge is 2.48. The smallest absolute Gasteiger partial charge is 0.340 e. The Kier molecular flexibility index (Phi) is 5.95. The second kappa shape index (κ2) is 9.23. The molecule has 6 rings (SSSR count). The number of carbonyl (C=O) groups is 1. The van der Waals surface area contributed by atoms with E-state index >= 15 is 0 Å². The number of nitrogens with zero attached hydrogens (tertiary/aromatic N) is 1. The van der Waals surface area contributed by atoms with Gasteiger partial charge < -0.3 is 4.74 Å². The van der Waals surface area contributed by atoms with E-state index in [1.807, 2.05) is 81.4 Å². The van der Waals surface area contributed by atoms with Crippen molar-refractivity contribution in [1.29, 1.82) is 0 Å². The zero-order valence-corrected chi connectivity index (χ0v) is 22.8. The lowest BCUT2D eigenvalue weighted by Crippen LogP contribution is -2.25. The quantitative estimate of drug-likeness (QED) is 0.235. The molecule has 0 bridgehead atoms. The molecule has 194 valence electrons. The van der Waals surface area contributed by atoms with Crippen LogP contribution in [0.2, 0.25) is 0 Å².